The summed E-state index contributed by atoms with van der Waals surface area (Å²) in [5, 5.41) is 0. The average Bonchev–Trinajstić information content (AvgIpc) is 2.31. The van der Waals surface area contributed by atoms with Crippen molar-refractivity contribution < 1.29 is 13.6 Å². The highest BCUT2D eigenvalue weighted by Gasteiger charge is 2.28. The fraction of sp³-hybridized carbons (Fsp3) is 0.500. The van der Waals surface area contributed by atoms with Gasteiger partial charge >= 0.3 is 0 Å². The second-order valence-corrected chi connectivity index (χ2v) is 7.17. The molecule has 0 saturated carbocycles. The number of ketones is 1. The Bertz CT molecular complexity index is 490. The molecule has 0 N–H and O–H groups in total. The van der Waals surface area contributed by atoms with Crippen molar-refractivity contribution in [3.63, 3.8) is 0 Å². The van der Waals surface area contributed by atoms with Crippen LogP contribution in [0.1, 0.15) is 24.2 Å². The largest absolute Gasteiger partial charge is 0.294 e. The molecule has 0 aliphatic carbocycles. The van der Waals surface area contributed by atoms with E-state index in [0.29, 0.717) is 0 Å². The Hall–Kier alpha value is -0.940. The molecule has 0 radical (unpaired) electrons. The summed E-state index contributed by atoms with van der Waals surface area (Å²) in [6, 6.07) is 3.31. The van der Waals surface area contributed by atoms with E-state index < -0.39 is 11.6 Å². The van der Waals surface area contributed by atoms with E-state index >= 15 is 0 Å². The lowest BCUT2D eigenvalue weighted by molar-refractivity contribution is 0.0927. The SMILES string of the molecule is CC1(C)CN(CC(=O)c2ccc(F)c(F)c2)CCS1. The molecule has 1 aliphatic rings. The minimum Gasteiger partial charge on any atom is -0.294 e. The van der Waals surface area contributed by atoms with Crippen LogP contribution in [0.2, 0.25) is 0 Å². The molecule has 1 fully saturated rings. The predicted octanol–water partition coefficient (Wildman–Crippen LogP) is 2.97. The van der Waals surface area contributed by atoms with Crippen LogP contribution in [0.4, 0.5) is 8.78 Å². The van der Waals surface area contributed by atoms with Crippen molar-refractivity contribution in [2.75, 3.05) is 25.4 Å². The van der Waals surface area contributed by atoms with Crippen LogP contribution in [0.25, 0.3) is 0 Å². The zero-order chi connectivity index (χ0) is 14.0. The Kier molecular flexibility index (Phi) is 4.26. The minimum atomic E-state index is -0.972. The highest BCUT2D eigenvalue weighted by molar-refractivity contribution is 8.00. The Morgan fingerprint density at radius 1 is 1.37 bits per heavy atom. The van der Waals surface area contributed by atoms with Crippen molar-refractivity contribution >= 4 is 17.5 Å². The molecule has 0 aromatic heterocycles. The van der Waals surface area contributed by atoms with Crippen molar-refractivity contribution in [1.82, 2.24) is 4.90 Å². The molecule has 1 heterocycles. The van der Waals surface area contributed by atoms with Crippen LogP contribution in [-0.2, 0) is 0 Å². The Balaban J connectivity index is 2.02. The molecule has 2 nitrogen and oxygen atoms in total. The summed E-state index contributed by atoms with van der Waals surface area (Å²) in [7, 11) is 0. The number of halogens is 2. The van der Waals surface area contributed by atoms with Gasteiger partial charge in [0.1, 0.15) is 0 Å². The molecule has 1 aromatic carbocycles. The van der Waals surface area contributed by atoms with E-state index in [0.717, 1.165) is 31.0 Å². The van der Waals surface area contributed by atoms with Crippen molar-refractivity contribution in [1.29, 1.82) is 0 Å². The van der Waals surface area contributed by atoms with E-state index in [1.165, 1.54) is 6.07 Å². The van der Waals surface area contributed by atoms with Crippen molar-refractivity contribution in [3.8, 4) is 0 Å². The molecule has 0 atom stereocenters. The van der Waals surface area contributed by atoms with E-state index in [9.17, 15) is 13.6 Å². The lowest BCUT2D eigenvalue weighted by Gasteiger charge is -2.37. The molecule has 5 heteroatoms. The van der Waals surface area contributed by atoms with Gasteiger partial charge in [-0.25, -0.2) is 8.78 Å². The molecule has 104 valence electrons. The van der Waals surface area contributed by atoms with E-state index in [4.69, 9.17) is 0 Å². The van der Waals surface area contributed by atoms with Crippen molar-refractivity contribution in [3.05, 3.63) is 35.4 Å². The standard InChI is InChI=1S/C14H17F2NOS/c1-14(2)9-17(5-6-19-14)8-13(18)10-3-4-11(15)12(16)7-10/h3-4,7H,5-6,8-9H2,1-2H3. The molecule has 0 bridgehead atoms. The minimum absolute atomic E-state index is 0.132. The van der Waals surface area contributed by atoms with E-state index in [1.807, 2.05) is 11.8 Å². The summed E-state index contributed by atoms with van der Waals surface area (Å²) in [5.74, 6) is -1.08. The van der Waals surface area contributed by atoms with Crippen LogP contribution in [0.15, 0.2) is 18.2 Å². The molecule has 19 heavy (non-hydrogen) atoms. The van der Waals surface area contributed by atoms with Gasteiger partial charge in [-0.3, -0.25) is 9.69 Å². The van der Waals surface area contributed by atoms with Gasteiger partial charge in [-0.2, -0.15) is 11.8 Å². The van der Waals surface area contributed by atoms with Gasteiger partial charge in [0.05, 0.1) is 6.54 Å². The lowest BCUT2D eigenvalue weighted by atomic mass is 10.1. The topological polar surface area (TPSA) is 20.3 Å². The quantitative estimate of drug-likeness (QED) is 0.796. The molecule has 1 saturated heterocycles. The number of carbonyl (C=O) groups excluding carboxylic acids is 1. The van der Waals surface area contributed by atoms with E-state index in [1.54, 1.807) is 0 Å². The third kappa shape index (κ3) is 3.76. The zero-order valence-corrected chi connectivity index (χ0v) is 11.9. The summed E-state index contributed by atoms with van der Waals surface area (Å²) < 4.78 is 26.1. The van der Waals surface area contributed by atoms with Gasteiger partial charge in [-0.15, -0.1) is 0 Å². The lowest BCUT2D eigenvalue weighted by Crippen LogP contribution is -2.45. The van der Waals surface area contributed by atoms with Gasteiger partial charge in [0.25, 0.3) is 0 Å². The van der Waals surface area contributed by atoms with Crippen LogP contribution in [0.5, 0.6) is 0 Å². The van der Waals surface area contributed by atoms with E-state index in [-0.39, 0.29) is 22.6 Å². The van der Waals surface area contributed by atoms with Gasteiger partial charge in [0, 0.05) is 29.2 Å². The molecule has 0 unspecified atom stereocenters. The van der Waals surface area contributed by atoms with Crippen LogP contribution in [-0.4, -0.2) is 40.8 Å². The predicted molar refractivity (Wildman–Crippen MR) is 73.7 cm³/mol. The average molecular weight is 285 g/mol. The monoisotopic (exact) mass is 285 g/mol. The normalized spacial score (nSPS) is 19.4. The van der Waals surface area contributed by atoms with Crippen LogP contribution >= 0.6 is 11.8 Å². The maximum absolute atomic E-state index is 13.1. The molecule has 1 aromatic rings. The number of Topliss-reactive ketones (excluding diaryl/α,β-unsaturated/α-hetero) is 1. The van der Waals surface area contributed by atoms with Gasteiger partial charge < -0.3 is 0 Å². The first-order valence-corrected chi connectivity index (χ1v) is 7.20. The molecule has 0 spiro atoms. The Morgan fingerprint density at radius 3 is 2.74 bits per heavy atom. The first-order valence-electron chi connectivity index (χ1n) is 6.22. The molecule has 0 amide bonds. The number of hydrogen-bond acceptors (Lipinski definition) is 3. The number of rotatable bonds is 3. The highest BCUT2D eigenvalue weighted by atomic mass is 32.2. The van der Waals surface area contributed by atoms with Crippen LogP contribution in [0, 0.1) is 11.6 Å². The fourth-order valence-corrected chi connectivity index (χ4v) is 3.39. The summed E-state index contributed by atoms with van der Waals surface area (Å²) in [6.45, 7) is 6.23. The summed E-state index contributed by atoms with van der Waals surface area (Å²) in [4.78, 5) is 14.1. The third-order valence-electron chi connectivity index (χ3n) is 3.11. The van der Waals surface area contributed by atoms with Crippen LogP contribution in [0.3, 0.4) is 0 Å². The van der Waals surface area contributed by atoms with Crippen molar-refractivity contribution in [2.45, 2.75) is 18.6 Å². The van der Waals surface area contributed by atoms with Gasteiger partial charge in [0.15, 0.2) is 17.4 Å². The second kappa shape index (κ2) is 5.59. The van der Waals surface area contributed by atoms with Crippen LogP contribution < -0.4 is 0 Å². The van der Waals surface area contributed by atoms with Gasteiger partial charge in [0.2, 0.25) is 0 Å². The second-order valence-electron chi connectivity index (χ2n) is 5.37. The molecule has 2 rings (SSSR count). The molecule has 1 aliphatic heterocycles. The third-order valence-corrected chi connectivity index (χ3v) is 4.41. The summed E-state index contributed by atoms with van der Waals surface area (Å²) >= 11 is 1.89. The smallest absolute Gasteiger partial charge is 0.176 e. The van der Waals surface area contributed by atoms with Gasteiger partial charge in [-0.05, 0) is 32.0 Å². The summed E-state index contributed by atoms with van der Waals surface area (Å²) in [6.07, 6.45) is 0. The number of carbonyl (C=O) groups is 1. The first kappa shape index (κ1) is 14.5. The number of thioether (sulfide) groups is 1. The molecular weight excluding hydrogens is 268 g/mol. The maximum Gasteiger partial charge on any atom is 0.176 e. The zero-order valence-electron chi connectivity index (χ0n) is 11.1. The number of nitrogens with zero attached hydrogens (tertiary/aromatic N) is 1. The number of hydrogen-bond donors (Lipinski definition) is 0. The Morgan fingerprint density at radius 2 is 2.11 bits per heavy atom. The Labute approximate surface area is 116 Å². The maximum atomic E-state index is 13.1. The summed E-state index contributed by atoms with van der Waals surface area (Å²) in [5.41, 5.74) is 0.231. The number of benzene rings is 1. The van der Waals surface area contributed by atoms with Gasteiger partial charge in [-0.1, -0.05) is 0 Å². The fourth-order valence-electron chi connectivity index (χ4n) is 2.21. The first-order chi connectivity index (χ1) is 8.87. The van der Waals surface area contributed by atoms with Crippen molar-refractivity contribution in [2.24, 2.45) is 0 Å². The molecular formula is C14H17F2NOS. The highest BCUT2D eigenvalue weighted by Crippen LogP contribution is 2.29. The van der Waals surface area contributed by atoms with E-state index in [2.05, 4.69) is 18.7 Å².